The smallest absolute Gasteiger partial charge is 0.278 e. The molecule has 2 N–H and O–H groups in total. The first-order chi connectivity index (χ1) is 9.52. The molecule has 102 valence electrons. The minimum absolute atomic E-state index is 0.245. The van der Waals surface area contributed by atoms with E-state index >= 15 is 0 Å². The van der Waals surface area contributed by atoms with Crippen molar-refractivity contribution in [2.24, 2.45) is 0 Å². The minimum Gasteiger partial charge on any atom is -0.331 e. The van der Waals surface area contributed by atoms with Crippen LogP contribution in [0.1, 0.15) is 5.82 Å². The van der Waals surface area contributed by atoms with Gasteiger partial charge in [0.1, 0.15) is 5.82 Å². The summed E-state index contributed by atoms with van der Waals surface area (Å²) in [6.45, 7) is 1.73. The number of hydrogen-bond acceptors (Lipinski definition) is 5. The quantitative estimate of drug-likeness (QED) is 0.752. The van der Waals surface area contributed by atoms with Crippen LogP contribution in [0.2, 0.25) is 10.0 Å². The molecular weight excluding hydrogens is 319 g/mol. The number of thiazole rings is 1. The Hall–Kier alpha value is -1.63. The lowest BCUT2D eigenvalue weighted by molar-refractivity contribution is 1.06. The Morgan fingerprint density at radius 2 is 2.05 bits per heavy atom. The fourth-order valence-corrected chi connectivity index (χ4v) is 2.90. The van der Waals surface area contributed by atoms with Crippen molar-refractivity contribution in [2.75, 3.05) is 5.32 Å². The standard InChI is InChI=1S/C12H8Cl2N4OS/c1-5-15-10(19)9-11(16-5)20-12(18-9)17-6-2-3-7(13)8(14)4-6/h2-4H,1H3,(H,17,18)(H,15,16,19). The molecule has 20 heavy (non-hydrogen) atoms. The number of hydrogen-bond donors (Lipinski definition) is 2. The lowest BCUT2D eigenvalue weighted by atomic mass is 10.3. The van der Waals surface area contributed by atoms with Gasteiger partial charge in [-0.1, -0.05) is 34.5 Å². The molecule has 1 aromatic carbocycles. The molecule has 2 heterocycles. The Kier molecular flexibility index (Phi) is 3.37. The molecule has 2 aromatic heterocycles. The van der Waals surface area contributed by atoms with Crippen molar-refractivity contribution < 1.29 is 0 Å². The molecule has 0 aliphatic carbocycles. The van der Waals surface area contributed by atoms with E-state index in [1.807, 2.05) is 0 Å². The van der Waals surface area contributed by atoms with Gasteiger partial charge < -0.3 is 10.3 Å². The maximum absolute atomic E-state index is 11.7. The zero-order valence-electron chi connectivity index (χ0n) is 10.2. The lowest BCUT2D eigenvalue weighted by Crippen LogP contribution is -2.08. The maximum Gasteiger partial charge on any atom is 0.278 e. The summed E-state index contributed by atoms with van der Waals surface area (Å²) in [6, 6.07) is 5.16. The highest BCUT2D eigenvalue weighted by Gasteiger charge is 2.10. The van der Waals surface area contributed by atoms with Crippen LogP contribution in [0.5, 0.6) is 0 Å². The number of H-pyrrole nitrogens is 1. The van der Waals surface area contributed by atoms with Crippen LogP contribution in [0.4, 0.5) is 10.8 Å². The molecule has 0 radical (unpaired) electrons. The minimum atomic E-state index is -0.245. The number of aryl methyl sites for hydroxylation is 1. The third-order valence-electron chi connectivity index (χ3n) is 2.56. The highest BCUT2D eigenvalue weighted by atomic mass is 35.5. The average Bonchev–Trinajstić information content (AvgIpc) is 2.76. The molecule has 0 amide bonds. The van der Waals surface area contributed by atoms with Gasteiger partial charge in [0.05, 0.1) is 10.0 Å². The summed E-state index contributed by atoms with van der Waals surface area (Å²) in [7, 11) is 0. The van der Waals surface area contributed by atoms with Gasteiger partial charge >= 0.3 is 0 Å². The van der Waals surface area contributed by atoms with Crippen molar-refractivity contribution in [3.8, 4) is 0 Å². The topological polar surface area (TPSA) is 70.7 Å². The predicted octanol–water partition coefficient (Wildman–Crippen LogP) is 3.74. The van der Waals surface area contributed by atoms with Crippen LogP contribution in [0.3, 0.4) is 0 Å². The number of fused-ring (bicyclic) bond motifs is 1. The molecule has 0 aliphatic heterocycles. The lowest BCUT2D eigenvalue weighted by Gasteiger charge is -2.03. The number of nitrogens with one attached hydrogen (secondary N) is 2. The van der Waals surface area contributed by atoms with Gasteiger partial charge in [-0.2, -0.15) is 0 Å². The van der Waals surface area contributed by atoms with Crippen molar-refractivity contribution in [3.63, 3.8) is 0 Å². The van der Waals surface area contributed by atoms with Gasteiger partial charge in [-0.3, -0.25) is 4.79 Å². The maximum atomic E-state index is 11.7. The zero-order chi connectivity index (χ0) is 14.3. The molecular formula is C12H8Cl2N4OS. The highest BCUT2D eigenvalue weighted by molar-refractivity contribution is 7.21. The van der Waals surface area contributed by atoms with E-state index in [-0.39, 0.29) is 5.56 Å². The Balaban J connectivity index is 2.00. The summed E-state index contributed by atoms with van der Waals surface area (Å²) < 4.78 is 0. The largest absolute Gasteiger partial charge is 0.331 e. The van der Waals surface area contributed by atoms with E-state index in [0.717, 1.165) is 5.69 Å². The van der Waals surface area contributed by atoms with Crippen molar-refractivity contribution in [2.45, 2.75) is 6.92 Å². The van der Waals surface area contributed by atoms with Crippen molar-refractivity contribution in [1.29, 1.82) is 0 Å². The van der Waals surface area contributed by atoms with E-state index in [1.165, 1.54) is 11.3 Å². The van der Waals surface area contributed by atoms with Gasteiger partial charge in [0.15, 0.2) is 15.5 Å². The van der Waals surface area contributed by atoms with Crippen LogP contribution in [0.25, 0.3) is 10.3 Å². The molecule has 5 nitrogen and oxygen atoms in total. The monoisotopic (exact) mass is 326 g/mol. The molecule has 0 bridgehead atoms. The molecule has 3 rings (SSSR count). The summed E-state index contributed by atoms with van der Waals surface area (Å²) in [6.07, 6.45) is 0. The van der Waals surface area contributed by atoms with Crippen LogP contribution in [0.15, 0.2) is 23.0 Å². The van der Waals surface area contributed by atoms with Gasteiger partial charge in [-0.15, -0.1) is 0 Å². The summed E-state index contributed by atoms with van der Waals surface area (Å²) in [5.41, 5.74) is 0.820. The second kappa shape index (κ2) is 5.05. The Morgan fingerprint density at radius 1 is 1.25 bits per heavy atom. The number of halogens is 2. The van der Waals surface area contributed by atoms with Gasteiger partial charge in [0.2, 0.25) is 0 Å². The Bertz CT molecular complexity index is 858. The third-order valence-corrected chi connectivity index (χ3v) is 4.16. The molecule has 0 fully saturated rings. The van der Waals surface area contributed by atoms with E-state index in [2.05, 4.69) is 20.3 Å². The first-order valence-electron chi connectivity index (χ1n) is 5.62. The van der Waals surface area contributed by atoms with E-state index in [0.29, 0.717) is 31.3 Å². The summed E-state index contributed by atoms with van der Waals surface area (Å²) in [4.78, 5) is 23.4. The van der Waals surface area contributed by atoms with Crippen molar-refractivity contribution in [1.82, 2.24) is 15.0 Å². The summed E-state index contributed by atoms with van der Waals surface area (Å²) in [5.74, 6) is 0.562. The van der Waals surface area contributed by atoms with Gasteiger partial charge in [0.25, 0.3) is 5.56 Å². The van der Waals surface area contributed by atoms with Crippen LogP contribution in [0, 0.1) is 6.92 Å². The number of benzene rings is 1. The first-order valence-corrected chi connectivity index (χ1v) is 7.20. The molecule has 3 aromatic rings. The molecule has 0 saturated heterocycles. The molecule has 0 saturated carbocycles. The first kappa shape index (κ1) is 13.4. The SMILES string of the molecule is Cc1nc2sc(Nc3ccc(Cl)c(Cl)c3)nc2c(=O)[nH]1. The van der Waals surface area contributed by atoms with E-state index in [4.69, 9.17) is 23.2 Å². The number of anilines is 2. The summed E-state index contributed by atoms with van der Waals surface area (Å²) >= 11 is 13.1. The van der Waals surface area contributed by atoms with Crippen LogP contribution < -0.4 is 10.9 Å². The van der Waals surface area contributed by atoms with E-state index in [9.17, 15) is 4.79 Å². The van der Waals surface area contributed by atoms with Crippen LogP contribution >= 0.6 is 34.5 Å². The van der Waals surface area contributed by atoms with E-state index in [1.54, 1.807) is 25.1 Å². The van der Waals surface area contributed by atoms with Crippen molar-refractivity contribution in [3.05, 3.63) is 44.4 Å². The van der Waals surface area contributed by atoms with E-state index < -0.39 is 0 Å². The Morgan fingerprint density at radius 3 is 2.80 bits per heavy atom. The Labute approximate surface area is 127 Å². The van der Waals surface area contributed by atoms with Crippen LogP contribution in [-0.4, -0.2) is 15.0 Å². The third kappa shape index (κ3) is 2.49. The van der Waals surface area contributed by atoms with Gasteiger partial charge in [0, 0.05) is 5.69 Å². The fourth-order valence-electron chi connectivity index (χ4n) is 1.69. The normalized spacial score (nSPS) is 10.9. The van der Waals surface area contributed by atoms with Crippen LogP contribution in [-0.2, 0) is 0 Å². The molecule has 0 atom stereocenters. The number of aromatic amines is 1. The molecule has 8 heteroatoms. The average molecular weight is 327 g/mol. The molecule has 0 aliphatic rings. The molecule has 0 unspecified atom stereocenters. The van der Waals surface area contributed by atoms with Gasteiger partial charge in [-0.05, 0) is 25.1 Å². The number of rotatable bonds is 2. The van der Waals surface area contributed by atoms with Gasteiger partial charge in [-0.25, -0.2) is 9.97 Å². The summed E-state index contributed by atoms with van der Waals surface area (Å²) in [5, 5.41) is 4.58. The zero-order valence-corrected chi connectivity index (χ0v) is 12.5. The van der Waals surface area contributed by atoms with Crippen molar-refractivity contribution >= 4 is 55.7 Å². The number of aromatic nitrogens is 3. The second-order valence-corrected chi connectivity index (χ2v) is 5.87. The predicted molar refractivity (Wildman–Crippen MR) is 82.5 cm³/mol. The number of nitrogens with zero attached hydrogens (tertiary/aromatic N) is 2. The fraction of sp³-hybridized carbons (Fsp3) is 0.0833. The highest BCUT2D eigenvalue weighted by Crippen LogP contribution is 2.29. The second-order valence-electron chi connectivity index (χ2n) is 4.08. The molecule has 0 spiro atoms.